The van der Waals surface area contributed by atoms with Gasteiger partial charge in [-0.15, -0.1) is 0 Å². The summed E-state index contributed by atoms with van der Waals surface area (Å²) in [6.45, 7) is 2.16. The van der Waals surface area contributed by atoms with Crippen LogP contribution in [-0.2, 0) is 6.61 Å². The molecule has 0 atom stereocenters. The molecule has 0 unspecified atom stereocenters. The van der Waals surface area contributed by atoms with Crippen molar-refractivity contribution in [2.75, 3.05) is 0 Å². The standard InChI is InChI=1S/C14H13N3O2/c1-9-2-3-10(7-15)6-12(9)18-8-13-16-14(17-19-13)11-4-5-11/h2-3,6,11H,4-5,8H2,1H3. The van der Waals surface area contributed by atoms with Gasteiger partial charge in [0, 0.05) is 5.92 Å². The minimum absolute atomic E-state index is 0.232. The van der Waals surface area contributed by atoms with Gasteiger partial charge in [0.2, 0.25) is 0 Å². The van der Waals surface area contributed by atoms with Crippen LogP contribution < -0.4 is 4.74 Å². The van der Waals surface area contributed by atoms with Gasteiger partial charge in [0.05, 0.1) is 11.6 Å². The second kappa shape index (κ2) is 4.73. The number of benzene rings is 1. The molecule has 0 saturated heterocycles. The summed E-state index contributed by atoms with van der Waals surface area (Å²) in [5.74, 6) is 2.40. The number of aryl methyl sites for hydroxylation is 1. The van der Waals surface area contributed by atoms with Crippen molar-refractivity contribution >= 4 is 0 Å². The Hall–Kier alpha value is -2.35. The SMILES string of the molecule is Cc1ccc(C#N)cc1OCc1nc(C2CC2)no1. The zero-order valence-electron chi connectivity index (χ0n) is 10.6. The number of hydrogen-bond donors (Lipinski definition) is 0. The van der Waals surface area contributed by atoms with Crippen molar-refractivity contribution in [1.82, 2.24) is 10.1 Å². The number of aromatic nitrogens is 2. The fraction of sp³-hybridized carbons (Fsp3) is 0.357. The zero-order chi connectivity index (χ0) is 13.2. The summed E-state index contributed by atoms with van der Waals surface area (Å²) in [6.07, 6.45) is 2.28. The summed E-state index contributed by atoms with van der Waals surface area (Å²) in [7, 11) is 0. The highest BCUT2D eigenvalue weighted by atomic mass is 16.5. The van der Waals surface area contributed by atoms with Crippen LogP contribution in [0.5, 0.6) is 5.75 Å². The molecule has 0 N–H and O–H groups in total. The molecule has 5 nitrogen and oxygen atoms in total. The van der Waals surface area contributed by atoms with Crippen LogP contribution in [0.3, 0.4) is 0 Å². The Labute approximate surface area is 110 Å². The molecule has 1 aromatic carbocycles. The monoisotopic (exact) mass is 255 g/mol. The van der Waals surface area contributed by atoms with Crippen molar-refractivity contribution in [3.8, 4) is 11.8 Å². The van der Waals surface area contributed by atoms with Crippen LogP contribution in [0, 0.1) is 18.3 Å². The first-order valence-corrected chi connectivity index (χ1v) is 6.22. The van der Waals surface area contributed by atoms with Crippen LogP contribution >= 0.6 is 0 Å². The molecule has 19 heavy (non-hydrogen) atoms. The lowest BCUT2D eigenvalue weighted by molar-refractivity contribution is 0.241. The van der Waals surface area contributed by atoms with E-state index in [1.165, 1.54) is 0 Å². The van der Waals surface area contributed by atoms with Crippen LogP contribution in [0.25, 0.3) is 0 Å². The summed E-state index contributed by atoms with van der Waals surface area (Å²) in [5.41, 5.74) is 1.55. The molecule has 0 bridgehead atoms. The van der Waals surface area contributed by atoms with E-state index in [0.29, 0.717) is 23.1 Å². The van der Waals surface area contributed by atoms with Gasteiger partial charge in [0.25, 0.3) is 5.89 Å². The molecule has 96 valence electrons. The van der Waals surface area contributed by atoms with E-state index < -0.39 is 0 Å². The summed E-state index contributed by atoms with van der Waals surface area (Å²) < 4.78 is 10.8. The Morgan fingerprint density at radius 1 is 1.47 bits per heavy atom. The highest BCUT2D eigenvalue weighted by Crippen LogP contribution is 2.38. The van der Waals surface area contributed by atoms with Crippen LogP contribution in [-0.4, -0.2) is 10.1 Å². The number of nitrogens with zero attached hydrogens (tertiary/aromatic N) is 3. The first kappa shape index (κ1) is 11.7. The van der Waals surface area contributed by atoms with Crippen LogP contribution in [0.15, 0.2) is 22.7 Å². The molecule has 0 amide bonds. The minimum atomic E-state index is 0.232. The van der Waals surface area contributed by atoms with Crippen molar-refractivity contribution in [3.63, 3.8) is 0 Å². The van der Waals surface area contributed by atoms with Crippen molar-refractivity contribution in [3.05, 3.63) is 41.0 Å². The van der Waals surface area contributed by atoms with Crippen LogP contribution in [0.2, 0.25) is 0 Å². The third-order valence-electron chi connectivity index (χ3n) is 3.09. The number of rotatable bonds is 4. The molecule has 0 spiro atoms. The molecule has 0 radical (unpaired) electrons. The fourth-order valence-electron chi connectivity index (χ4n) is 1.80. The third kappa shape index (κ3) is 2.58. The Balaban J connectivity index is 1.69. The van der Waals surface area contributed by atoms with E-state index in [2.05, 4.69) is 16.2 Å². The van der Waals surface area contributed by atoms with E-state index in [1.54, 1.807) is 12.1 Å². The second-order valence-electron chi connectivity index (χ2n) is 4.70. The molecule has 1 saturated carbocycles. The smallest absolute Gasteiger partial charge is 0.264 e. The van der Waals surface area contributed by atoms with E-state index >= 15 is 0 Å². The van der Waals surface area contributed by atoms with Gasteiger partial charge < -0.3 is 9.26 Å². The Morgan fingerprint density at radius 2 is 2.32 bits per heavy atom. The highest BCUT2D eigenvalue weighted by Gasteiger charge is 2.28. The molecule has 1 aromatic heterocycles. The molecule has 1 aliphatic rings. The molecular weight excluding hydrogens is 242 g/mol. The van der Waals surface area contributed by atoms with Crippen LogP contribution in [0.4, 0.5) is 0 Å². The van der Waals surface area contributed by atoms with Gasteiger partial charge in [0.1, 0.15) is 5.75 Å². The molecule has 1 fully saturated rings. The molecule has 1 aliphatic carbocycles. The Kier molecular flexibility index (Phi) is 2.92. The quantitative estimate of drug-likeness (QED) is 0.839. The van der Waals surface area contributed by atoms with E-state index in [0.717, 1.165) is 24.2 Å². The van der Waals surface area contributed by atoms with Gasteiger partial charge in [-0.2, -0.15) is 10.2 Å². The van der Waals surface area contributed by atoms with Gasteiger partial charge in [0.15, 0.2) is 12.4 Å². The average Bonchev–Trinajstić information content (AvgIpc) is 3.17. The van der Waals surface area contributed by atoms with Gasteiger partial charge in [-0.1, -0.05) is 11.2 Å². The highest BCUT2D eigenvalue weighted by molar-refractivity contribution is 5.41. The molecule has 3 rings (SSSR count). The van der Waals surface area contributed by atoms with E-state index in [1.807, 2.05) is 13.0 Å². The Bertz CT molecular complexity index is 638. The van der Waals surface area contributed by atoms with E-state index in [9.17, 15) is 0 Å². The minimum Gasteiger partial charge on any atom is -0.483 e. The summed E-state index contributed by atoms with van der Waals surface area (Å²) in [5, 5.41) is 12.8. The average molecular weight is 255 g/mol. The van der Waals surface area contributed by atoms with Crippen LogP contribution in [0.1, 0.15) is 41.6 Å². The van der Waals surface area contributed by atoms with E-state index in [4.69, 9.17) is 14.5 Å². The van der Waals surface area contributed by atoms with Crippen molar-refractivity contribution in [2.45, 2.75) is 32.3 Å². The summed E-state index contributed by atoms with van der Waals surface area (Å²) in [6, 6.07) is 7.43. The molecule has 0 aliphatic heterocycles. The van der Waals surface area contributed by atoms with Crippen molar-refractivity contribution < 1.29 is 9.26 Å². The lowest BCUT2D eigenvalue weighted by Crippen LogP contribution is -1.98. The first-order chi connectivity index (χ1) is 9.26. The van der Waals surface area contributed by atoms with Crippen molar-refractivity contribution in [2.24, 2.45) is 0 Å². The van der Waals surface area contributed by atoms with Gasteiger partial charge in [-0.25, -0.2) is 0 Å². The normalized spacial score (nSPS) is 14.1. The van der Waals surface area contributed by atoms with E-state index in [-0.39, 0.29) is 6.61 Å². The lowest BCUT2D eigenvalue weighted by Gasteiger charge is -2.06. The maximum absolute atomic E-state index is 8.86. The van der Waals surface area contributed by atoms with Gasteiger partial charge in [-0.05, 0) is 37.5 Å². The molecule has 1 heterocycles. The summed E-state index contributed by atoms with van der Waals surface area (Å²) in [4.78, 5) is 4.29. The molecule has 5 heteroatoms. The zero-order valence-corrected chi connectivity index (χ0v) is 10.6. The number of ether oxygens (including phenoxy) is 1. The van der Waals surface area contributed by atoms with Crippen molar-refractivity contribution in [1.29, 1.82) is 5.26 Å². The van der Waals surface area contributed by atoms with Gasteiger partial charge in [-0.3, -0.25) is 0 Å². The molecule has 2 aromatic rings. The van der Waals surface area contributed by atoms with Gasteiger partial charge >= 0.3 is 0 Å². The summed E-state index contributed by atoms with van der Waals surface area (Å²) >= 11 is 0. The third-order valence-corrected chi connectivity index (χ3v) is 3.09. The molecular formula is C14H13N3O2. The predicted molar refractivity (Wildman–Crippen MR) is 66.5 cm³/mol. The first-order valence-electron chi connectivity index (χ1n) is 6.22. The predicted octanol–water partition coefficient (Wildman–Crippen LogP) is 2.71. The fourth-order valence-corrected chi connectivity index (χ4v) is 1.80. The second-order valence-corrected chi connectivity index (χ2v) is 4.70. The maximum atomic E-state index is 8.86. The number of hydrogen-bond acceptors (Lipinski definition) is 5. The lowest BCUT2D eigenvalue weighted by atomic mass is 10.1. The topological polar surface area (TPSA) is 71.9 Å². The Morgan fingerprint density at radius 3 is 3.05 bits per heavy atom. The number of nitriles is 1. The maximum Gasteiger partial charge on any atom is 0.264 e. The largest absolute Gasteiger partial charge is 0.483 e.